The van der Waals surface area contributed by atoms with Gasteiger partial charge in [-0.1, -0.05) is 45.1 Å². The second-order valence-electron chi connectivity index (χ2n) is 5.06. The lowest BCUT2D eigenvalue weighted by atomic mass is 10.1. The summed E-state index contributed by atoms with van der Waals surface area (Å²) in [6.45, 7) is 4.62. The van der Waals surface area contributed by atoms with Gasteiger partial charge in [0.2, 0.25) is 0 Å². The molecule has 0 aromatic heterocycles. The lowest BCUT2D eigenvalue weighted by molar-refractivity contribution is 0.298. The molecule has 0 aliphatic carbocycles. The van der Waals surface area contributed by atoms with Crippen molar-refractivity contribution in [1.82, 2.24) is 0 Å². The topological polar surface area (TPSA) is 35.2 Å². The quantitative estimate of drug-likeness (QED) is 0.664. The van der Waals surface area contributed by atoms with Crippen molar-refractivity contribution in [2.45, 2.75) is 58.4 Å². The van der Waals surface area contributed by atoms with Crippen LogP contribution in [0.25, 0.3) is 0 Å². The highest BCUT2D eigenvalue weighted by atomic mass is 19.1. The van der Waals surface area contributed by atoms with Crippen LogP contribution in [0.5, 0.6) is 5.75 Å². The van der Waals surface area contributed by atoms with Crippen LogP contribution in [-0.4, -0.2) is 6.61 Å². The molecule has 0 saturated heterocycles. The lowest BCUT2D eigenvalue weighted by Gasteiger charge is -2.14. The molecule has 0 radical (unpaired) electrons. The summed E-state index contributed by atoms with van der Waals surface area (Å²) < 4.78 is 19.3. The first kappa shape index (κ1) is 16.0. The average molecular weight is 267 g/mol. The summed E-state index contributed by atoms with van der Waals surface area (Å²) in [6, 6.07) is 4.54. The Balaban J connectivity index is 2.35. The Hall–Kier alpha value is -1.09. The van der Waals surface area contributed by atoms with Crippen LogP contribution < -0.4 is 10.5 Å². The second kappa shape index (κ2) is 8.92. The molecule has 1 aromatic carbocycles. The predicted molar refractivity (Wildman–Crippen MR) is 77.9 cm³/mol. The molecule has 0 heterocycles. The Morgan fingerprint density at radius 2 is 1.84 bits per heavy atom. The van der Waals surface area contributed by atoms with Gasteiger partial charge in [-0.2, -0.15) is 0 Å². The average Bonchev–Trinajstić information content (AvgIpc) is 2.37. The summed E-state index contributed by atoms with van der Waals surface area (Å²) in [5.41, 5.74) is 6.26. The standard InChI is InChI=1S/C16H26FNO/c1-3-4-5-6-7-8-12-19-15-11-9-10-14(17)16(15)13(2)18/h9-11,13H,3-8,12,18H2,1-2H3. The smallest absolute Gasteiger partial charge is 0.131 e. The Labute approximate surface area is 116 Å². The molecule has 2 N–H and O–H groups in total. The van der Waals surface area contributed by atoms with Gasteiger partial charge in [0.1, 0.15) is 11.6 Å². The summed E-state index contributed by atoms with van der Waals surface area (Å²) in [5.74, 6) is 0.305. The number of ether oxygens (including phenoxy) is 1. The van der Waals surface area contributed by atoms with Gasteiger partial charge in [-0.05, 0) is 25.5 Å². The van der Waals surface area contributed by atoms with Crippen LogP contribution in [0, 0.1) is 5.82 Å². The maximum atomic E-state index is 13.7. The molecule has 1 aromatic rings. The third kappa shape index (κ3) is 5.60. The summed E-state index contributed by atoms with van der Waals surface area (Å²) in [7, 11) is 0. The number of unbranched alkanes of at least 4 members (excludes halogenated alkanes) is 5. The van der Waals surface area contributed by atoms with Gasteiger partial charge in [-0.3, -0.25) is 0 Å². The van der Waals surface area contributed by atoms with E-state index in [0.717, 1.165) is 6.42 Å². The van der Waals surface area contributed by atoms with Crippen molar-refractivity contribution in [3.63, 3.8) is 0 Å². The van der Waals surface area contributed by atoms with Crippen LogP contribution in [0.3, 0.4) is 0 Å². The number of benzene rings is 1. The minimum absolute atomic E-state index is 0.282. The van der Waals surface area contributed by atoms with Crippen molar-refractivity contribution in [3.8, 4) is 5.75 Å². The summed E-state index contributed by atoms with van der Waals surface area (Å²) >= 11 is 0. The van der Waals surface area contributed by atoms with Gasteiger partial charge in [0.15, 0.2) is 0 Å². The molecule has 0 aliphatic heterocycles. The van der Waals surface area contributed by atoms with E-state index in [0.29, 0.717) is 17.9 Å². The minimum Gasteiger partial charge on any atom is -0.493 e. The van der Waals surface area contributed by atoms with Crippen molar-refractivity contribution < 1.29 is 9.13 Å². The molecule has 0 bridgehead atoms. The van der Waals surface area contributed by atoms with Crippen molar-refractivity contribution >= 4 is 0 Å². The van der Waals surface area contributed by atoms with Gasteiger partial charge in [0.25, 0.3) is 0 Å². The highest BCUT2D eigenvalue weighted by Gasteiger charge is 2.13. The van der Waals surface area contributed by atoms with Crippen molar-refractivity contribution in [1.29, 1.82) is 0 Å². The molecule has 0 saturated carbocycles. The Morgan fingerprint density at radius 1 is 1.16 bits per heavy atom. The van der Waals surface area contributed by atoms with E-state index >= 15 is 0 Å². The highest BCUT2D eigenvalue weighted by Crippen LogP contribution is 2.26. The molecule has 108 valence electrons. The van der Waals surface area contributed by atoms with Crippen LogP contribution in [0.4, 0.5) is 4.39 Å². The van der Waals surface area contributed by atoms with Gasteiger partial charge < -0.3 is 10.5 Å². The van der Waals surface area contributed by atoms with Gasteiger partial charge in [-0.15, -0.1) is 0 Å². The Kier molecular flexibility index (Phi) is 7.49. The van der Waals surface area contributed by atoms with E-state index in [1.165, 1.54) is 38.2 Å². The monoisotopic (exact) mass is 267 g/mol. The first-order chi connectivity index (χ1) is 9.16. The van der Waals surface area contributed by atoms with E-state index < -0.39 is 0 Å². The third-order valence-electron chi connectivity index (χ3n) is 3.22. The van der Waals surface area contributed by atoms with Crippen LogP contribution in [0.15, 0.2) is 18.2 Å². The molecule has 2 nitrogen and oxygen atoms in total. The molecular formula is C16H26FNO. The van der Waals surface area contributed by atoms with E-state index in [4.69, 9.17) is 10.5 Å². The fourth-order valence-electron chi connectivity index (χ4n) is 2.15. The molecule has 3 heteroatoms. The molecule has 0 amide bonds. The Bertz CT molecular complexity index is 366. The van der Waals surface area contributed by atoms with Gasteiger partial charge in [0.05, 0.1) is 6.61 Å². The highest BCUT2D eigenvalue weighted by molar-refractivity contribution is 5.36. The number of nitrogens with two attached hydrogens (primary N) is 1. The fourth-order valence-corrected chi connectivity index (χ4v) is 2.15. The lowest BCUT2D eigenvalue weighted by Crippen LogP contribution is -2.11. The summed E-state index contributed by atoms with van der Waals surface area (Å²) in [4.78, 5) is 0. The SMILES string of the molecule is CCCCCCCCOc1cccc(F)c1C(C)N. The van der Waals surface area contributed by atoms with Gasteiger partial charge in [0, 0.05) is 11.6 Å². The van der Waals surface area contributed by atoms with Crippen molar-refractivity contribution in [3.05, 3.63) is 29.6 Å². The molecule has 19 heavy (non-hydrogen) atoms. The first-order valence-corrected chi connectivity index (χ1v) is 7.33. The van der Waals surface area contributed by atoms with Gasteiger partial charge >= 0.3 is 0 Å². The zero-order valence-corrected chi connectivity index (χ0v) is 12.1. The number of hydrogen-bond donors (Lipinski definition) is 1. The summed E-state index contributed by atoms with van der Waals surface area (Å²) in [5, 5.41) is 0. The number of halogens is 1. The molecule has 1 rings (SSSR count). The molecule has 0 spiro atoms. The van der Waals surface area contributed by atoms with Crippen LogP contribution in [0.1, 0.15) is 64.0 Å². The van der Waals surface area contributed by atoms with E-state index in [1.54, 1.807) is 19.1 Å². The van der Waals surface area contributed by atoms with Crippen LogP contribution in [0.2, 0.25) is 0 Å². The predicted octanol–water partition coefficient (Wildman–Crippen LogP) is 4.58. The molecule has 1 atom stereocenters. The third-order valence-corrected chi connectivity index (χ3v) is 3.22. The maximum absolute atomic E-state index is 13.7. The number of rotatable bonds is 9. The fraction of sp³-hybridized carbons (Fsp3) is 0.625. The normalized spacial score (nSPS) is 12.4. The van der Waals surface area contributed by atoms with Crippen LogP contribution >= 0.6 is 0 Å². The van der Waals surface area contributed by atoms with Crippen molar-refractivity contribution in [2.24, 2.45) is 5.73 Å². The summed E-state index contributed by atoms with van der Waals surface area (Å²) in [6.07, 6.45) is 7.29. The largest absolute Gasteiger partial charge is 0.493 e. The zero-order valence-electron chi connectivity index (χ0n) is 12.1. The minimum atomic E-state index is -0.347. The molecule has 0 aliphatic rings. The Morgan fingerprint density at radius 3 is 2.53 bits per heavy atom. The van der Waals surface area contributed by atoms with E-state index in [9.17, 15) is 4.39 Å². The number of hydrogen-bond acceptors (Lipinski definition) is 2. The first-order valence-electron chi connectivity index (χ1n) is 7.33. The van der Waals surface area contributed by atoms with E-state index in [-0.39, 0.29) is 11.9 Å². The van der Waals surface area contributed by atoms with Gasteiger partial charge in [-0.25, -0.2) is 4.39 Å². The molecular weight excluding hydrogens is 241 g/mol. The second-order valence-corrected chi connectivity index (χ2v) is 5.06. The molecule has 0 fully saturated rings. The maximum Gasteiger partial charge on any atom is 0.131 e. The zero-order chi connectivity index (χ0) is 14.1. The van der Waals surface area contributed by atoms with Crippen LogP contribution in [-0.2, 0) is 0 Å². The van der Waals surface area contributed by atoms with E-state index in [1.807, 2.05) is 0 Å². The van der Waals surface area contributed by atoms with Crippen molar-refractivity contribution in [2.75, 3.05) is 6.61 Å². The molecule has 1 unspecified atom stereocenters. The van der Waals surface area contributed by atoms with E-state index in [2.05, 4.69) is 6.92 Å².